The lowest BCUT2D eigenvalue weighted by atomic mass is 10.3. The molecule has 11 heavy (non-hydrogen) atoms. The van der Waals surface area contributed by atoms with E-state index in [1.807, 2.05) is 0 Å². The summed E-state index contributed by atoms with van der Waals surface area (Å²) in [4.78, 5) is 12.7. The third-order valence-corrected chi connectivity index (χ3v) is 1.21. The Morgan fingerprint density at radius 3 is 2.64 bits per heavy atom. The Hall–Kier alpha value is -1.39. The van der Waals surface area contributed by atoms with Crippen LogP contribution in [-0.4, -0.2) is 4.98 Å². The van der Waals surface area contributed by atoms with Gasteiger partial charge in [0, 0.05) is 11.8 Å². The number of aromatic nitrogens is 1. The fourth-order valence-electron chi connectivity index (χ4n) is 0.645. The predicted molar refractivity (Wildman–Crippen MR) is 36.4 cm³/mol. The molecular formula is C6H6F2N2O. The number of alkyl halides is 2. The molecule has 0 amide bonds. The summed E-state index contributed by atoms with van der Waals surface area (Å²) in [5.74, 6) is 0. The second-order valence-corrected chi connectivity index (χ2v) is 2.02. The Balaban J connectivity index is 3.15. The maximum absolute atomic E-state index is 11.9. The molecule has 1 rings (SSSR count). The minimum absolute atomic E-state index is 0.192. The zero-order valence-corrected chi connectivity index (χ0v) is 5.47. The van der Waals surface area contributed by atoms with Gasteiger partial charge in [-0.1, -0.05) is 0 Å². The molecule has 0 bridgehead atoms. The van der Waals surface area contributed by atoms with Crippen molar-refractivity contribution < 1.29 is 8.78 Å². The van der Waals surface area contributed by atoms with E-state index in [2.05, 4.69) is 4.98 Å². The van der Waals surface area contributed by atoms with Crippen LogP contribution in [0.2, 0.25) is 0 Å². The number of hydrogen-bond donors (Lipinski definition) is 2. The van der Waals surface area contributed by atoms with E-state index in [0.29, 0.717) is 0 Å². The number of nitrogens with two attached hydrogens (primary N) is 1. The molecule has 0 aliphatic rings. The van der Waals surface area contributed by atoms with E-state index >= 15 is 0 Å². The van der Waals surface area contributed by atoms with Crippen LogP contribution in [0.4, 0.5) is 14.5 Å². The Kier molecular flexibility index (Phi) is 1.89. The fraction of sp³-hybridized carbons (Fsp3) is 0.167. The average Bonchev–Trinajstić information content (AvgIpc) is 1.94. The molecule has 0 fully saturated rings. The van der Waals surface area contributed by atoms with Crippen LogP contribution in [0.5, 0.6) is 0 Å². The van der Waals surface area contributed by atoms with E-state index in [-0.39, 0.29) is 11.3 Å². The van der Waals surface area contributed by atoms with E-state index in [1.54, 1.807) is 0 Å². The molecule has 0 aliphatic carbocycles. The highest BCUT2D eigenvalue weighted by atomic mass is 19.3. The molecule has 0 atom stereocenters. The molecule has 0 unspecified atom stereocenters. The molecule has 0 aromatic carbocycles. The molecule has 0 aliphatic heterocycles. The topological polar surface area (TPSA) is 58.9 Å². The molecule has 3 nitrogen and oxygen atoms in total. The van der Waals surface area contributed by atoms with Gasteiger partial charge in [-0.15, -0.1) is 0 Å². The number of aromatic amines is 1. The molecule has 3 N–H and O–H groups in total. The Bertz CT molecular complexity index is 308. The summed E-state index contributed by atoms with van der Waals surface area (Å²) in [5.41, 5.74) is 4.07. The second-order valence-electron chi connectivity index (χ2n) is 2.02. The molecule has 0 saturated heterocycles. The van der Waals surface area contributed by atoms with E-state index in [9.17, 15) is 13.6 Å². The molecule has 1 aromatic heterocycles. The third kappa shape index (κ3) is 1.54. The van der Waals surface area contributed by atoms with Gasteiger partial charge in [-0.2, -0.15) is 0 Å². The van der Waals surface area contributed by atoms with Crippen molar-refractivity contribution in [1.82, 2.24) is 4.98 Å². The van der Waals surface area contributed by atoms with Crippen LogP contribution < -0.4 is 11.3 Å². The van der Waals surface area contributed by atoms with E-state index < -0.39 is 12.0 Å². The standard InChI is InChI=1S/C6H6F2N2O/c7-5(8)3-1-4(9)6(11)10-2-3/h1-2,5H,9H2,(H,10,11). The summed E-state index contributed by atoms with van der Waals surface area (Å²) < 4.78 is 23.8. The van der Waals surface area contributed by atoms with Gasteiger partial charge < -0.3 is 10.7 Å². The van der Waals surface area contributed by atoms with Crippen LogP contribution in [0.25, 0.3) is 0 Å². The predicted octanol–water partition coefficient (Wildman–Crippen LogP) is 0.895. The van der Waals surface area contributed by atoms with Gasteiger partial charge >= 0.3 is 0 Å². The van der Waals surface area contributed by atoms with Crippen molar-refractivity contribution in [2.24, 2.45) is 0 Å². The second kappa shape index (κ2) is 2.69. The zero-order chi connectivity index (χ0) is 8.43. The molecule has 1 heterocycles. The molecule has 0 radical (unpaired) electrons. The number of nitrogen functional groups attached to an aromatic ring is 1. The van der Waals surface area contributed by atoms with Crippen molar-refractivity contribution in [3.05, 3.63) is 28.2 Å². The first-order valence-electron chi connectivity index (χ1n) is 2.87. The maximum Gasteiger partial charge on any atom is 0.271 e. The molecule has 60 valence electrons. The fourth-order valence-corrected chi connectivity index (χ4v) is 0.645. The Morgan fingerprint density at radius 1 is 1.55 bits per heavy atom. The summed E-state index contributed by atoms with van der Waals surface area (Å²) in [6.07, 6.45) is -1.65. The highest BCUT2D eigenvalue weighted by Crippen LogP contribution is 2.17. The lowest BCUT2D eigenvalue weighted by Gasteiger charge is -1.98. The minimum Gasteiger partial charge on any atom is -0.394 e. The number of nitrogens with one attached hydrogen (secondary N) is 1. The third-order valence-electron chi connectivity index (χ3n) is 1.21. The lowest BCUT2D eigenvalue weighted by Crippen LogP contribution is -2.11. The molecule has 0 spiro atoms. The number of hydrogen-bond acceptors (Lipinski definition) is 2. The summed E-state index contributed by atoms with van der Waals surface area (Å²) in [7, 11) is 0. The van der Waals surface area contributed by atoms with Crippen molar-refractivity contribution in [3.63, 3.8) is 0 Å². The normalized spacial score (nSPS) is 10.5. The number of halogens is 2. The van der Waals surface area contributed by atoms with Crippen molar-refractivity contribution in [3.8, 4) is 0 Å². The molecule has 0 saturated carbocycles. The summed E-state index contributed by atoms with van der Waals surface area (Å²) in [5, 5.41) is 0. The van der Waals surface area contributed by atoms with Gasteiger partial charge in [0.25, 0.3) is 12.0 Å². The van der Waals surface area contributed by atoms with Gasteiger partial charge in [0.1, 0.15) is 0 Å². The van der Waals surface area contributed by atoms with Gasteiger partial charge in [-0.05, 0) is 6.07 Å². The first kappa shape index (κ1) is 7.71. The van der Waals surface area contributed by atoms with Crippen molar-refractivity contribution in [2.45, 2.75) is 6.43 Å². The quantitative estimate of drug-likeness (QED) is 0.641. The van der Waals surface area contributed by atoms with Crippen molar-refractivity contribution >= 4 is 5.69 Å². The number of pyridine rings is 1. The van der Waals surface area contributed by atoms with E-state index in [4.69, 9.17) is 5.73 Å². The van der Waals surface area contributed by atoms with E-state index in [0.717, 1.165) is 12.3 Å². The van der Waals surface area contributed by atoms with Crippen LogP contribution in [0.15, 0.2) is 17.1 Å². The van der Waals surface area contributed by atoms with Gasteiger partial charge in [0.2, 0.25) is 0 Å². The largest absolute Gasteiger partial charge is 0.394 e. The minimum atomic E-state index is -2.60. The number of rotatable bonds is 1. The summed E-state index contributed by atoms with van der Waals surface area (Å²) in [6.45, 7) is 0. The average molecular weight is 160 g/mol. The van der Waals surface area contributed by atoms with Crippen LogP contribution in [0.3, 0.4) is 0 Å². The first-order valence-corrected chi connectivity index (χ1v) is 2.87. The smallest absolute Gasteiger partial charge is 0.271 e. The van der Waals surface area contributed by atoms with Crippen molar-refractivity contribution in [1.29, 1.82) is 0 Å². The summed E-state index contributed by atoms with van der Waals surface area (Å²) in [6, 6.07) is 0.962. The lowest BCUT2D eigenvalue weighted by molar-refractivity contribution is 0.151. The van der Waals surface area contributed by atoms with Crippen molar-refractivity contribution in [2.75, 3.05) is 5.73 Å². The zero-order valence-electron chi connectivity index (χ0n) is 5.47. The Morgan fingerprint density at radius 2 is 2.18 bits per heavy atom. The molecule has 1 aromatic rings. The van der Waals surface area contributed by atoms with Gasteiger partial charge in [-0.3, -0.25) is 4.79 Å². The number of anilines is 1. The highest BCUT2D eigenvalue weighted by molar-refractivity contribution is 5.37. The number of H-pyrrole nitrogens is 1. The van der Waals surface area contributed by atoms with Gasteiger partial charge in [0.15, 0.2) is 0 Å². The monoisotopic (exact) mass is 160 g/mol. The summed E-state index contributed by atoms with van der Waals surface area (Å²) >= 11 is 0. The molecular weight excluding hydrogens is 154 g/mol. The van der Waals surface area contributed by atoms with Crippen LogP contribution in [0, 0.1) is 0 Å². The van der Waals surface area contributed by atoms with Gasteiger partial charge in [0.05, 0.1) is 5.69 Å². The maximum atomic E-state index is 11.9. The van der Waals surface area contributed by atoms with Gasteiger partial charge in [-0.25, -0.2) is 8.78 Å². The highest BCUT2D eigenvalue weighted by Gasteiger charge is 2.07. The SMILES string of the molecule is Nc1cc(C(F)F)c[nH]c1=O. The van der Waals surface area contributed by atoms with E-state index in [1.165, 1.54) is 0 Å². The molecule has 5 heteroatoms. The van der Waals surface area contributed by atoms with Crippen LogP contribution >= 0.6 is 0 Å². The first-order chi connectivity index (χ1) is 5.11. The van der Waals surface area contributed by atoms with Crippen LogP contribution in [-0.2, 0) is 0 Å². The Labute approximate surface area is 60.8 Å². The van der Waals surface area contributed by atoms with Crippen LogP contribution in [0.1, 0.15) is 12.0 Å².